The van der Waals surface area contributed by atoms with Gasteiger partial charge in [0.2, 0.25) is 0 Å². The highest BCUT2D eigenvalue weighted by Crippen LogP contribution is 2.38. The van der Waals surface area contributed by atoms with Gasteiger partial charge in [-0.3, -0.25) is 0 Å². The van der Waals surface area contributed by atoms with Crippen molar-refractivity contribution in [2.24, 2.45) is 0 Å². The summed E-state index contributed by atoms with van der Waals surface area (Å²) >= 11 is 6.36. The smallest absolute Gasteiger partial charge is 0.151 e. The van der Waals surface area contributed by atoms with Crippen LogP contribution in [0.15, 0.2) is 36.7 Å². The maximum absolute atomic E-state index is 14.1. The highest BCUT2D eigenvalue weighted by atomic mass is 35.5. The van der Waals surface area contributed by atoms with E-state index >= 15 is 0 Å². The van der Waals surface area contributed by atoms with Gasteiger partial charge in [-0.15, -0.1) is 0 Å². The molecule has 0 aliphatic heterocycles. The number of rotatable bonds is 4. The molecule has 0 amide bonds. The van der Waals surface area contributed by atoms with E-state index in [4.69, 9.17) is 22.1 Å². The lowest BCUT2D eigenvalue weighted by molar-refractivity contribution is 0.415. The number of ether oxygens (including phenoxy) is 1. The molecule has 0 bridgehead atoms. The van der Waals surface area contributed by atoms with E-state index in [0.29, 0.717) is 33.4 Å². The summed E-state index contributed by atoms with van der Waals surface area (Å²) < 4.78 is 32.6. The fourth-order valence-corrected chi connectivity index (χ4v) is 2.83. The topological polar surface area (TPSA) is 73.1 Å². The summed E-state index contributed by atoms with van der Waals surface area (Å²) in [5, 5.41) is 3.24. The standard InChI is InChI=1S/C18H15ClF2N4O/c1-9-16(12-4-3-11(26-2)7-13(12)19)18(24-8-23-9)25-17-14(21)5-10(20)6-15(17)22/h3-8H,22H2,1-2H3,(H,23,24,25). The second-order valence-corrected chi connectivity index (χ2v) is 5.91. The van der Waals surface area contributed by atoms with Gasteiger partial charge in [0.1, 0.15) is 23.7 Å². The summed E-state index contributed by atoms with van der Waals surface area (Å²) in [5.41, 5.74) is 7.41. The number of nitrogen functional groups attached to an aromatic ring is 1. The normalized spacial score (nSPS) is 10.7. The Morgan fingerprint density at radius 2 is 1.92 bits per heavy atom. The van der Waals surface area contributed by atoms with Crippen molar-refractivity contribution in [3.63, 3.8) is 0 Å². The van der Waals surface area contributed by atoms with Crippen molar-refractivity contribution in [2.45, 2.75) is 6.92 Å². The third-order valence-electron chi connectivity index (χ3n) is 3.81. The Morgan fingerprint density at radius 1 is 1.15 bits per heavy atom. The van der Waals surface area contributed by atoms with Crippen LogP contribution in [0.4, 0.5) is 26.0 Å². The van der Waals surface area contributed by atoms with Crippen molar-refractivity contribution >= 4 is 28.8 Å². The molecule has 1 aromatic heterocycles. The van der Waals surface area contributed by atoms with Crippen LogP contribution in [-0.4, -0.2) is 17.1 Å². The highest BCUT2D eigenvalue weighted by Gasteiger charge is 2.17. The lowest BCUT2D eigenvalue weighted by Crippen LogP contribution is -2.05. The molecule has 0 aliphatic rings. The Labute approximate surface area is 153 Å². The number of anilines is 3. The van der Waals surface area contributed by atoms with E-state index in [1.54, 1.807) is 25.1 Å². The van der Waals surface area contributed by atoms with Gasteiger partial charge in [-0.05, 0) is 31.2 Å². The quantitative estimate of drug-likeness (QED) is 0.645. The molecular formula is C18H15ClF2N4O. The second kappa shape index (κ2) is 7.13. The Hall–Kier alpha value is -2.93. The molecule has 0 fully saturated rings. The first-order valence-electron chi connectivity index (χ1n) is 7.57. The van der Waals surface area contributed by atoms with Crippen LogP contribution < -0.4 is 15.8 Å². The molecule has 3 N–H and O–H groups in total. The van der Waals surface area contributed by atoms with Gasteiger partial charge in [0, 0.05) is 17.2 Å². The molecule has 0 saturated heterocycles. The summed E-state index contributed by atoms with van der Waals surface area (Å²) in [6, 6.07) is 6.92. The van der Waals surface area contributed by atoms with Gasteiger partial charge in [0.05, 0.1) is 29.2 Å². The van der Waals surface area contributed by atoms with Crippen LogP contribution >= 0.6 is 11.6 Å². The van der Waals surface area contributed by atoms with Gasteiger partial charge in [-0.1, -0.05) is 11.6 Å². The van der Waals surface area contributed by atoms with Crippen molar-refractivity contribution in [2.75, 3.05) is 18.2 Å². The van der Waals surface area contributed by atoms with Crippen LogP contribution in [0.3, 0.4) is 0 Å². The summed E-state index contributed by atoms with van der Waals surface area (Å²) in [4.78, 5) is 8.35. The number of aryl methyl sites for hydroxylation is 1. The Morgan fingerprint density at radius 3 is 2.58 bits per heavy atom. The van der Waals surface area contributed by atoms with Crippen LogP contribution in [-0.2, 0) is 0 Å². The van der Waals surface area contributed by atoms with Crippen molar-refractivity contribution < 1.29 is 13.5 Å². The number of hydrogen-bond donors (Lipinski definition) is 2. The molecule has 0 aliphatic carbocycles. The predicted molar refractivity (Wildman–Crippen MR) is 97.8 cm³/mol. The number of nitrogens with zero attached hydrogens (tertiary/aromatic N) is 2. The molecular weight excluding hydrogens is 362 g/mol. The molecule has 0 radical (unpaired) electrons. The van der Waals surface area contributed by atoms with Crippen LogP contribution in [0, 0.1) is 18.6 Å². The van der Waals surface area contributed by atoms with Gasteiger partial charge >= 0.3 is 0 Å². The zero-order chi connectivity index (χ0) is 18.8. The third-order valence-corrected chi connectivity index (χ3v) is 4.12. The first-order chi connectivity index (χ1) is 12.4. The molecule has 134 valence electrons. The third kappa shape index (κ3) is 3.39. The molecule has 0 saturated carbocycles. The largest absolute Gasteiger partial charge is 0.497 e. The minimum absolute atomic E-state index is 0.0737. The van der Waals surface area contributed by atoms with Gasteiger partial charge < -0.3 is 15.8 Å². The number of hydrogen-bond acceptors (Lipinski definition) is 5. The Balaban J connectivity index is 2.13. The molecule has 26 heavy (non-hydrogen) atoms. The molecule has 0 unspecified atom stereocenters. The number of aromatic nitrogens is 2. The lowest BCUT2D eigenvalue weighted by Gasteiger charge is -2.16. The van der Waals surface area contributed by atoms with Gasteiger partial charge in [0.25, 0.3) is 0 Å². The number of nitrogens with two attached hydrogens (primary N) is 1. The SMILES string of the molecule is COc1ccc(-c2c(C)ncnc2Nc2c(N)cc(F)cc2F)c(Cl)c1. The summed E-state index contributed by atoms with van der Waals surface area (Å²) in [6.45, 7) is 1.77. The minimum Gasteiger partial charge on any atom is -0.497 e. The van der Waals surface area contributed by atoms with Crippen LogP contribution in [0.1, 0.15) is 5.69 Å². The number of halogens is 3. The minimum atomic E-state index is -0.828. The van der Waals surface area contributed by atoms with Gasteiger partial charge in [-0.2, -0.15) is 0 Å². The van der Waals surface area contributed by atoms with Gasteiger partial charge in [0.15, 0.2) is 5.82 Å². The summed E-state index contributed by atoms with van der Waals surface area (Å²) in [7, 11) is 1.54. The molecule has 3 rings (SSSR count). The van der Waals surface area contributed by atoms with Crippen LogP contribution in [0.25, 0.3) is 11.1 Å². The van der Waals surface area contributed by atoms with Crippen molar-refractivity contribution in [3.05, 3.63) is 59.0 Å². The molecule has 0 spiro atoms. The zero-order valence-electron chi connectivity index (χ0n) is 14.0. The fraction of sp³-hybridized carbons (Fsp3) is 0.111. The van der Waals surface area contributed by atoms with Crippen molar-refractivity contribution in [3.8, 4) is 16.9 Å². The predicted octanol–water partition coefficient (Wildman–Crippen LogP) is 4.72. The van der Waals surface area contributed by atoms with Crippen LogP contribution in [0.2, 0.25) is 5.02 Å². The van der Waals surface area contributed by atoms with Crippen LogP contribution in [0.5, 0.6) is 5.75 Å². The van der Waals surface area contributed by atoms with Crippen molar-refractivity contribution in [1.82, 2.24) is 9.97 Å². The van der Waals surface area contributed by atoms with E-state index < -0.39 is 11.6 Å². The van der Waals surface area contributed by atoms with E-state index in [-0.39, 0.29) is 11.4 Å². The maximum atomic E-state index is 14.1. The van der Waals surface area contributed by atoms with Crippen molar-refractivity contribution in [1.29, 1.82) is 0 Å². The first kappa shape index (κ1) is 17.9. The monoisotopic (exact) mass is 376 g/mol. The second-order valence-electron chi connectivity index (χ2n) is 5.51. The molecule has 3 aromatic rings. The molecule has 0 atom stereocenters. The fourth-order valence-electron chi connectivity index (χ4n) is 2.56. The molecule has 1 heterocycles. The average molecular weight is 377 g/mol. The molecule has 2 aromatic carbocycles. The molecule has 5 nitrogen and oxygen atoms in total. The number of nitrogens with one attached hydrogen (secondary N) is 1. The van der Waals surface area contributed by atoms with E-state index in [2.05, 4.69) is 15.3 Å². The Bertz CT molecular complexity index is 958. The number of methoxy groups -OCH3 is 1. The summed E-state index contributed by atoms with van der Waals surface area (Å²) in [6.07, 6.45) is 1.33. The Kier molecular flexibility index (Phi) is 4.90. The number of benzene rings is 2. The summed E-state index contributed by atoms with van der Waals surface area (Å²) in [5.74, 6) is -0.702. The zero-order valence-corrected chi connectivity index (χ0v) is 14.7. The average Bonchev–Trinajstić information content (AvgIpc) is 2.58. The van der Waals surface area contributed by atoms with E-state index in [1.165, 1.54) is 13.4 Å². The van der Waals surface area contributed by atoms with E-state index in [1.807, 2.05) is 0 Å². The van der Waals surface area contributed by atoms with Gasteiger partial charge in [-0.25, -0.2) is 18.7 Å². The van der Waals surface area contributed by atoms with E-state index in [9.17, 15) is 8.78 Å². The lowest BCUT2D eigenvalue weighted by atomic mass is 10.0. The first-order valence-corrected chi connectivity index (χ1v) is 7.95. The molecule has 8 heteroatoms. The highest BCUT2D eigenvalue weighted by molar-refractivity contribution is 6.33. The van der Waals surface area contributed by atoms with E-state index in [0.717, 1.165) is 12.1 Å². The maximum Gasteiger partial charge on any atom is 0.151 e.